The number of ether oxygens (including phenoxy) is 1. The van der Waals surface area contributed by atoms with E-state index in [-0.39, 0.29) is 23.7 Å². The predicted octanol–water partition coefficient (Wildman–Crippen LogP) is 3.45. The molecular formula is C26H26N6O3S. The smallest absolute Gasteiger partial charge is 0.255 e. The molecule has 3 aromatic heterocycles. The van der Waals surface area contributed by atoms with Crippen molar-refractivity contribution in [3.63, 3.8) is 0 Å². The Morgan fingerprint density at radius 1 is 1.14 bits per heavy atom. The number of nitrogen functional groups attached to an aromatic ring is 1. The maximum atomic E-state index is 13.1. The summed E-state index contributed by atoms with van der Waals surface area (Å²) in [6.07, 6.45) is 5.84. The third-order valence-electron chi connectivity index (χ3n) is 6.26. The van der Waals surface area contributed by atoms with Gasteiger partial charge in [-0.25, -0.2) is 4.98 Å². The zero-order valence-electron chi connectivity index (χ0n) is 20.0. The Hall–Kier alpha value is -4.18. The summed E-state index contributed by atoms with van der Waals surface area (Å²) in [6, 6.07) is 11.0. The second-order valence-corrected chi connectivity index (χ2v) is 9.58. The summed E-state index contributed by atoms with van der Waals surface area (Å²) in [7, 11) is 3.47. The number of hydrogen-bond acceptors (Lipinski definition) is 7. The van der Waals surface area contributed by atoms with Crippen LogP contribution in [0.25, 0.3) is 21.6 Å². The van der Waals surface area contributed by atoms with Gasteiger partial charge in [0.25, 0.3) is 11.8 Å². The lowest BCUT2D eigenvalue weighted by molar-refractivity contribution is 0.0783. The van der Waals surface area contributed by atoms with Crippen LogP contribution in [-0.4, -0.2) is 57.7 Å². The van der Waals surface area contributed by atoms with Crippen LogP contribution in [0.5, 0.6) is 5.75 Å². The van der Waals surface area contributed by atoms with E-state index < -0.39 is 0 Å². The van der Waals surface area contributed by atoms with Gasteiger partial charge in [-0.2, -0.15) is 5.10 Å². The van der Waals surface area contributed by atoms with E-state index >= 15 is 0 Å². The lowest BCUT2D eigenvalue weighted by Crippen LogP contribution is -2.38. The first-order valence-corrected chi connectivity index (χ1v) is 12.4. The molecule has 1 aliphatic heterocycles. The van der Waals surface area contributed by atoms with Crippen molar-refractivity contribution in [2.75, 3.05) is 25.9 Å². The number of likely N-dealkylation sites (tertiary alicyclic amines) is 1. The highest BCUT2D eigenvalue weighted by atomic mass is 32.1. The Kier molecular flexibility index (Phi) is 6.43. The van der Waals surface area contributed by atoms with Crippen LogP contribution in [0, 0.1) is 0 Å². The minimum Gasteiger partial charge on any atom is -0.495 e. The molecule has 0 bridgehead atoms. The van der Waals surface area contributed by atoms with Gasteiger partial charge in [0, 0.05) is 55.3 Å². The molecule has 5 rings (SSSR count). The van der Waals surface area contributed by atoms with Crippen LogP contribution in [0.2, 0.25) is 0 Å². The Morgan fingerprint density at radius 2 is 1.94 bits per heavy atom. The molecule has 0 unspecified atom stereocenters. The van der Waals surface area contributed by atoms with Crippen LogP contribution in [0.15, 0.2) is 60.4 Å². The van der Waals surface area contributed by atoms with E-state index in [0.29, 0.717) is 30.6 Å². The highest BCUT2D eigenvalue weighted by molar-refractivity contribution is 7.14. The molecule has 1 aromatic carbocycles. The van der Waals surface area contributed by atoms with Crippen molar-refractivity contribution in [3.8, 4) is 27.3 Å². The SMILES string of the molecule is COc1ccsc1-c1ccc(C(=O)N2CC[C@@H](NC(=O)c3cc(-c4cnn(C)c4)cnc3N)C2)cc1. The molecule has 9 nitrogen and oxygen atoms in total. The number of nitrogens with one attached hydrogen (secondary N) is 1. The van der Waals surface area contributed by atoms with E-state index in [9.17, 15) is 9.59 Å². The minimum absolute atomic E-state index is 0.0591. The zero-order chi connectivity index (χ0) is 25.2. The Morgan fingerprint density at radius 3 is 2.67 bits per heavy atom. The van der Waals surface area contributed by atoms with Crippen LogP contribution >= 0.6 is 11.3 Å². The van der Waals surface area contributed by atoms with Crippen molar-refractivity contribution in [2.45, 2.75) is 12.5 Å². The Labute approximate surface area is 212 Å². The van der Waals surface area contributed by atoms with Crippen LogP contribution in [0.1, 0.15) is 27.1 Å². The maximum absolute atomic E-state index is 13.1. The van der Waals surface area contributed by atoms with Gasteiger partial charge in [-0.05, 0) is 41.6 Å². The largest absolute Gasteiger partial charge is 0.495 e. The van der Waals surface area contributed by atoms with E-state index in [0.717, 1.165) is 27.3 Å². The fourth-order valence-corrected chi connectivity index (χ4v) is 5.19. The normalized spacial score (nSPS) is 15.2. The number of rotatable bonds is 6. The van der Waals surface area contributed by atoms with Crippen molar-refractivity contribution in [2.24, 2.45) is 7.05 Å². The standard InChI is InChI=1S/C26H26N6O3S/c1-31-14-19(13-29-31)18-11-21(24(27)28-12-18)25(33)30-20-7-9-32(15-20)26(34)17-5-3-16(4-6-17)23-22(35-2)8-10-36-23/h3-6,8,10-14,20H,7,9,15H2,1-2H3,(H2,27,28)(H,30,33)/t20-/m1/s1. The summed E-state index contributed by atoms with van der Waals surface area (Å²) in [5, 5.41) is 9.15. The summed E-state index contributed by atoms with van der Waals surface area (Å²) < 4.78 is 7.08. The minimum atomic E-state index is -0.306. The lowest BCUT2D eigenvalue weighted by Gasteiger charge is -2.18. The van der Waals surface area contributed by atoms with E-state index in [2.05, 4.69) is 15.4 Å². The summed E-state index contributed by atoms with van der Waals surface area (Å²) in [4.78, 5) is 33.1. The number of benzene rings is 1. The van der Waals surface area contributed by atoms with Gasteiger partial charge in [-0.15, -0.1) is 11.3 Å². The molecular weight excluding hydrogens is 476 g/mol. The van der Waals surface area contributed by atoms with Crippen LogP contribution < -0.4 is 15.8 Å². The number of anilines is 1. The number of carbonyl (C=O) groups is 2. The van der Waals surface area contributed by atoms with Gasteiger partial charge in [0.15, 0.2) is 0 Å². The summed E-state index contributed by atoms with van der Waals surface area (Å²) in [6.45, 7) is 0.994. The average molecular weight is 503 g/mol. The first-order chi connectivity index (χ1) is 17.4. The molecule has 1 saturated heterocycles. The third kappa shape index (κ3) is 4.67. The van der Waals surface area contributed by atoms with Crippen molar-refractivity contribution < 1.29 is 14.3 Å². The number of nitrogens with two attached hydrogens (primary N) is 1. The van der Waals surface area contributed by atoms with Crippen molar-refractivity contribution in [1.82, 2.24) is 25.0 Å². The molecule has 2 amide bonds. The molecule has 184 valence electrons. The van der Waals surface area contributed by atoms with Gasteiger partial charge in [0.1, 0.15) is 11.6 Å². The second kappa shape index (κ2) is 9.82. The van der Waals surface area contributed by atoms with Gasteiger partial charge < -0.3 is 20.7 Å². The highest BCUT2D eigenvalue weighted by Crippen LogP contribution is 2.35. The molecule has 3 N–H and O–H groups in total. The molecule has 0 radical (unpaired) electrons. The number of methoxy groups -OCH3 is 1. The summed E-state index contributed by atoms with van der Waals surface area (Å²) in [5.41, 5.74) is 9.53. The van der Waals surface area contributed by atoms with E-state index in [1.165, 1.54) is 0 Å². The molecule has 4 heterocycles. The molecule has 0 saturated carbocycles. The van der Waals surface area contributed by atoms with Gasteiger partial charge in [-0.3, -0.25) is 14.3 Å². The number of aryl methyl sites for hydroxylation is 1. The number of carbonyl (C=O) groups excluding carboxylic acids is 2. The zero-order valence-corrected chi connectivity index (χ0v) is 20.8. The number of nitrogens with zero attached hydrogens (tertiary/aromatic N) is 4. The fourth-order valence-electron chi connectivity index (χ4n) is 4.33. The van der Waals surface area contributed by atoms with Gasteiger partial charge >= 0.3 is 0 Å². The second-order valence-electron chi connectivity index (χ2n) is 8.67. The van der Waals surface area contributed by atoms with E-state index in [1.54, 1.807) is 46.5 Å². The van der Waals surface area contributed by atoms with Gasteiger partial charge in [0.05, 0.1) is 23.7 Å². The summed E-state index contributed by atoms with van der Waals surface area (Å²) in [5.74, 6) is 0.614. The van der Waals surface area contributed by atoms with Crippen LogP contribution in [-0.2, 0) is 7.05 Å². The molecule has 36 heavy (non-hydrogen) atoms. The third-order valence-corrected chi connectivity index (χ3v) is 7.20. The number of hydrogen-bond donors (Lipinski definition) is 2. The van der Waals surface area contributed by atoms with Crippen molar-refractivity contribution in [3.05, 3.63) is 71.5 Å². The quantitative estimate of drug-likeness (QED) is 0.417. The number of thiophene rings is 1. The van der Waals surface area contributed by atoms with Crippen molar-refractivity contribution >= 4 is 29.0 Å². The molecule has 10 heteroatoms. The lowest BCUT2D eigenvalue weighted by atomic mass is 10.1. The van der Waals surface area contributed by atoms with Gasteiger partial charge in [-0.1, -0.05) is 12.1 Å². The molecule has 0 spiro atoms. The van der Waals surface area contributed by atoms with Gasteiger partial charge in [0.2, 0.25) is 0 Å². The maximum Gasteiger partial charge on any atom is 0.255 e. The average Bonchev–Trinajstić information content (AvgIpc) is 3.65. The number of aromatic nitrogens is 3. The summed E-state index contributed by atoms with van der Waals surface area (Å²) >= 11 is 1.59. The molecule has 4 aromatic rings. The number of amides is 2. The monoisotopic (exact) mass is 502 g/mol. The predicted molar refractivity (Wildman–Crippen MR) is 139 cm³/mol. The first kappa shape index (κ1) is 23.6. The highest BCUT2D eigenvalue weighted by Gasteiger charge is 2.29. The fraction of sp³-hybridized carbons (Fsp3) is 0.231. The molecule has 1 fully saturated rings. The first-order valence-electron chi connectivity index (χ1n) is 11.5. The topological polar surface area (TPSA) is 115 Å². The molecule has 1 aliphatic rings. The molecule has 1 atom stereocenters. The van der Waals surface area contributed by atoms with E-state index in [4.69, 9.17) is 10.5 Å². The molecule has 0 aliphatic carbocycles. The Bertz CT molecular complexity index is 1410. The van der Waals surface area contributed by atoms with Crippen LogP contribution in [0.3, 0.4) is 0 Å². The van der Waals surface area contributed by atoms with E-state index in [1.807, 2.05) is 49.0 Å². The number of pyridine rings is 1. The van der Waals surface area contributed by atoms with Crippen LogP contribution in [0.4, 0.5) is 5.82 Å². The Balaban J connectivity index is 1.23. The van der Waals surface area contributed by atoms with Crippen molar-refractivity contribution in [1.29, 1.82) is 0 Å².